The summed E-state index contributed by atoms with van der Waals surface area (Å²) < 4.78 is 12.9. The number of benzene rings is 1. The van der Waals surface area contributed by atoms with Crippen LogP contribution in [0, 0.1) is 20.8 Å². The second-order valence-corrected chi connectivity index (χ2v) is 9.30. The van der Waals surface area contributed by atoms with Crippen LogP contribution in [-0.2, 0) is 4.57 Å². The molecule has 0 aromatic heterocycles. The predicted molar refractivity (Wildman–Crippen MR) is 88.9 cm³/mol. The fraction of sp³-hybridized carbons (Fsp3) is 0.611. The van der Waals surface area contributed by atoms with Gasteiger partial charge in [0.2, 0.25) is 10.9 Å². The number of Topliss-reactive ketones (excluding diaryl/α,β-unsaturated/α-hetero) is 1. The van der Waals surface area contributed by atoms with Crippen LogP contribution in [0.3, 0.4) is 0 Å². The van der Waals surface area contributed by atoms with Crippen LogP contribution in [0.25, 0.3) is 0 Å². The molecule has 0 amide bonds. The van der Waals surface area contributed by atoms with E-state index >= 15 is 0 Å². The molecule has 114 valence electrons. The van der Waals surface area contributed by atoms with Crippen molar-refractivity contribution in [2.45, 2.75) is 71.1 Å². The summed E-state index contributed by atoms with van der Waals surface area (Å²) in [5, 5.41) is -0.617. The van der Waals surface area contributed by atoms with E-state index in [9.17, 15) is 9.36 Å². The highest BCUT2D eigenvalue weighted by atomic mass is 31.1. The smallest absolute Gasteiger partial charge is 0.289 e. The Morgan fingerprint density at radius 2 is 1.57 bits per heavy atom. The van der Waals surface area contributed by atoms with Gasteiger partial charge in [-0.3, -0.25) is 4.79 Å². The molecule has 2 nitrogen and oxygen atoms in total. The van der Waals surface area contributed by atoms with Gasteiger partial charge in [-0.2, -0.15) is 0 Å². The van der Waals surface area contributed by atoms with Gasteiger partial charge in [0.15, 0.2) is 5.66 Å². The van der Waals surface area contributed by atoms with Crippen molar-refractivity contribution < 1.29 is 9.36 Å². The third-order valence-corrected chi connectivity index (χ3v) is 7.08. The van der Waals surface area contributed by atoms with Crippen molar-refractivity contribution >= 4 is 13.6 Å². The zero-order chi connectivity index (χ0) is 15.8. The molecule has 0 aliphatic heterocycles. The molecule has 1 saturated carbocycles. The molecule has 2 rings (SSSR count). The fourth-order valence-electron chi connectivity index (χ4n) is 3.77. The van der Waals surface area contributed by atoms with Crippen molar-refractivity contribution in [1.29, 1.82) is 0 Å². The first-order valence-electron chi connectivity index (χ1n) is 7.89. The van der Waals surface area contributed by atoms with E-state index < -0.39 is 13.0 Å². The third kappa shape index (κ3) is 2.83. The lowest BCUT2D eigenvalue weighted by Gasteiger charge is -2.21. The zero-order valence-electron chi connectivity index (χ0n) is 13.8. The molecule has 1 atom stereocenters. The summed E-state index contributed by atoms with van der Waals surface area (Å²) in [5.41, 5.74) is 4.10. The molecule has 1 aliphatic carbocycles. The summed E-state index contributed by atoms with van der Waals surface area (Å²) in [7, 11) is -1.52. The molecule has 1 unspecified atom stereocenters. The van der Waals surface area contributed by atoms with Crippen LogP contribution in [0.5, 0.6) is 0 Å². The first-order chi connectivity index (χ1) is 9.79. The van der Waals surface area contributed by atoms with E-state index in [0.717, 1.165) is 42.4 Å². The van der Waals surface area contributed by atoms with E-state index in [1.165, 1.54) is 5.56 Å². The van der Waals surface area contributed by atoms with Gasteiger partial charge in [0.05, 0.1) is 0 Å². The van der Waals surface area contributed by atoms with Gasteiger partial charge >= 0.3 is 7.80 Å². The molecular formula is C18H26O2P+. The molecule has 0 N–H and O–H groups in total. The lowest BCUT2D eigenvalue weighted by molar-refractivity contribution is 0.0938. The van der Waals surface area contributed by atoms with E-state index in [1.54, 1.807) is 0 Å². The van der Waals surface area contributed by atoms with Crippen molar-refractivity contribution in [3.63, 3.8) is 0 Å². The average molecular weight is 305 g/mol. The molecule has 1 aliphatic rings. The Labute approximate surface area is 129 Å². The Morgan fingerprint density at radius 3 is 2.00 bits per heavy atom. The van der Waals surface area contributed by atoms with Crippen molar-refractivity contribution in [2.75, 3.05) is 0 Å². The molecule has 0 heterocycles. The Hall–Kier alpha value is -1.01. The first-order valence-corrected chi connectivity index (χ1v) is 9.21. The zero-order valence-corrected chi connectivity index (χ0v) is 14.7. The van der Waals surface area contributed by atoms with Crippen LogP contribution >= 0.6 is 7.80 Å². The van der Waals surface area contributed by atoms with Crippen LogP contribution in [0.1, 0.15) is 66.6 Å². The number of hydrogen-bond acceptors (Lipinski definition) is 2. The summed E-state index contributed by atoms with van der Waals surface area (Å²) in [4.78, 5) is 13.3. The second-order valence-electron chi connectivity index (χ2n) is 6.76. The topological polar surface area (TPSA) is 34.1 Å². The molecule has 1 fully saturated rings. The number of aryl methyl sites for hydroxylation is 3. The van der Waals surface area contributed by atoms with Gasteiger partial charge in [-0.05, 0) is 58.6 Å². The number of carbonyl (C=O) groups is 1. The molecule has 1 aromatic carbocycles. The lowest BCUT2D eigenvalue weighted by Crippen LogP contribution is -2.34. The molecule has 0 spiro atoms. The monoisotopic (exact) mass is 305 g/mol. The molecule has 0 radical (unpaired) electrons. The summed E-state index contributed by atoms with van der Waals surface area (Å²) in [5.74, 6) is 0.129. The van der Waals surface area contributed by atoms with Crippen LogP contribution in [0.4, 0.5) is 0 Å². The minimum Gasteiger partial charge on any atom is -0.289 e. The maximum Gasteiger partial charge on any atom is 0.355 e. The predicted octanol–water partition coefficient (Wildman–Crippen LogP) is 5.34. The van der Waals surface area contributed by atoms with Gasteiger partial charge in [-0.1, -0.05) is 22.3 Å². The fourth-order valence-corrected chi connectivity index (χ4v) is 5.83. The first kappa shape index (κ1) is 16.4. The third-order valence-electron chi connectivity index (χ3n) is 4.65. The van der Waals surface area contributed by atoms with E-state index in [4.69, 9.17) is 0 Å². The molecule has 0 saturated heterocycles. The highest BCUT2D eigenvalue weighted by Crippen LogP contribution is 2.55. The van der Waals surface area contributed by atoms with E-state index in [1.807, 2.05) is 34.6 Å². The lowest BCUT2D eigenvalue weighted by atomic mass is 9.88. The average Bonchev–Trinajstić information content (AvgIpc) is 2.86. The maximum absolute atomic E-state index is 13.3. The van der Waals surface area contributed by atoms with Gasteiger partial charge in [0.1, 0.15) is 0 Å². The van der Waals surface area contributed by atoms with Crippen molar-refractivity contribution in [1.82, 2.24) is 0 Å². The SMILES string of the molecule is Cc1cc(C)c(C(=O)C2([P+](=O)C(C)C)CCCC2)c(C)c1. The minimum atomic E-state index is -1.52. The Morgan fingerprint density at radius 1 is 1.10 bits per heavy atom. The van der Waals surface area contributed by atoms with Crippen molar-refractivity contribution in [3.05, 3.63) is 34.4 Å². The van der Waals surface area contributed by atoms with Crippen LogP contribution in [-0.4, -0.2) is 16.6 Å². The number of ketones is 1. The highest BCUT2D eigenvalue weighted by Gasteiger charge is 2.58. The van der Waals surface area contributed by atoms with Gasteiger partial charge in [0, 0.05) is 18.4 Å². The van der Waals surface area contributed by atoms with Crippen LogP contribution < -0.4 is 0 Å². The van der Waals surface area contributed by atoms with E-state index in [-0.39, 0.29) is 11.4 Å². The summed E-state index contributed by atoms with van der Waals surface area (Å²) >= 11 is 0. The van der Waals surface area contributed by atoms with E-state index in [2.05, 4.69) is 12.1 Å². The van der Waals surface area contributed by atoms with Gasteiger partial charge < -0.3 is 0 Å². The van der Waals surface area contributed by atoms with Crippen LogP contribution in [0.2, 0.25) is 0 Å². The Bertz CT molecular complexity index is 558. The van der Waals surface area contributed by atoms with Gasteiger partial charge in [-0.15, -0.1) is 0 Å². The summed E-state index contributed by atoms with van der Waals surface area (Å²) in [6.45, 7) is 9.99. The largest absolute Gasteiger partial charge is 0.355 e. The molecule has 0 bridgehead atoms. The highest BCUT2D eigenvalue weighted by molar-refractivity contribution is 7.48. The Balaban J connectivity index is 2.53. The molecule has 21 heavy (non-hydrogen) atoms. The number of carbonyl (C=O) groups excluding carboxylic acids is 1. The Kier molecular flexibility index (Phi) is 4.68. The number of rotatable bonds is 4. The number of hydrogen-bond donors (Lipinski definition) is 0. The normalized spacial score (nSPS) is 18.1. The van der Waals surface area contributed by atoms with Crippen molar-refractivity contribution in [2.24, 2.45) is 0 Å². The standard InChI is InChI=1S/C18H26O2P/c1-12(2)21(20)18(8-6-7-9-18)17(19)16-14(4)10-13(3)11-15(16)5/h10-12H,6-9H2,1-5H3/q+1. The summed E-state index contributed by atoms with van der Waals surface area (Å²) in [6, 6.07) is 4.12. The second kappa shape index (κ2) is 6.01. The van der Waals surface area contributed by atoms with Crippen molar-refractivity contribution in [3.8, 4) is 0 Å². The molecular weight excluding hydrogens is 279 g/mol. The minimum absolute atomic E-state index is 0.0631. The van der Waals surface area contributed by atoms with E-state index in [0.29, 0.717) is 0 Å². The quantitative estimate of drug-likeness (QED) is 0.555. The summed E-state index contributed by atoms with van der Waals surface area (Å²) in [6.07, 6.45) is 3.60. The van der Waals surface area contributed by atoms with Crippen LogP contribution in [0.15, 0.2) is 12.1 Å². The van der Waals surface area contributed by atoms with Gasteiger partial charge in [-0.25, -0.2) is 0 Å². The molecule has 1 aromatic rings. The maximum atomic E-state index is 13.3. The molecule has 3 heteroatoms. The van der Waals surface area contributed by atoms with Gasteiger partial charge in [0.25, 0.3) is 0 Å².